The number of hydrogen-bond acceptors (Lipinski definition) is 4. The molecule has 94 valence electrons. The summed E-state index contributed by atoms with van der Waals surface area (Å²) in [6.07, 6.45) is 0. The maximum atomic E-state index is 11.6. The van der Waals surface area contributed by atoms with Crippen LogP contribution in [0, 0.1) is 0 Å². The van der Waals surface area contributed by atoms with E-state index in [-0.39, 0.29) is 26.4 Å². The fourth-order valence-corrected chi connectivity index (χ4v) is 5.83. The van der Waals surface area contributed by atoms with Crippen LogP contribution in [-0.2, 0) is 20.1 Å². The van der Waals surface area contributed by atoms with E-state index in [0.717, 1.165) is 11.1 Å². The molecule has 0 fully saturated rings. The van der Waals surface area contributed by atoms with Crippen LogP contribution in [0.1, 0.15) is 29.6 Å². The zero-order valence-electron chi connectivity index (χ0n) is 9.21. The molecule has 0 N–H and O–H groups in total. The predicted molar refractivity (Wildman–Crippen MR) is 71.3 cm³/mol. The monoisotopic (exact) mass is 432 g/mol. The molecule has 0 aromatic carbocycles. The van der Waals surface area contributed by atoms with E-state index in [4.69, 9.17) is 9.47 Å². The summed E-state index contributed by atoms with van der Waals surface area (Å²) in [6.45, 7) is 0. The van der Waals surface area contributed by atoms with Crippen LogP contribution in [-0.4, -0.2) is 40.7 Å². The van der Waals surface area contributed by atoms with E-state index in [9.17, 15) is 9.59 Å². The van der Waals surface area contributed by atoms with Crippen LogP contribution < -0.4 is 0 Å². The molecule has 17 heavy (non-hydrogen) atoms. The molecule has 7 heteroatoms. The molecular weight excluding hydrogens is 423 g/mol. The molecule has 0 spiro atoms. The molecule has 0 atom stereocenters. The normalized spacial score (nSPS) is 10.1. The molecule has 1 rings (SSSR count). The quantitative estimate of drug-likeness (QED) is 0.415. The van der Waals surface area contributed by atoms with Gasteiger partial charge in [0.25, 0.3) is 0 Å². The van der Waals surface area contributed by atoms with Gasteiger partial charge in [-0.05, 0) is 0 Å². The van der Waals surface area contributed by atoms with E-state index >= 15 is 0 Å². The van der Waals surface area contributed by atoms with Gasteiger partial charge in [0.1, 0.15) is 0 Å². The van der Waals surface area contributed by atoms with Gasteiger partial charge in [-0.2, -0.15) is 0 Å². The zero-order chi connectivity index (χ0) is 13.0. The van der Waals surface area contributed by atoms with E-state index in [2.05, 4.69) is 31.9 Å². The van der Waals surface area contributed by atoms with Crippen molar-refractivity contribution in [2.45, 2.75) is 10.7 Å². The molecule has 0 bridgehead atoms. The molecule has 1 heterocycles. The van der Waals surface area contributed by atoms with Gasteiger partial charge >= 0.3 is 122 Å². The molecule has 0 saturated carbocycles. The van der Waals surface area contributed by atoms with Crippen LogP contribution in [0.4, 0.5) is 0 Å². The first-order valence-corrected chi connectivity index (χ1v) is 8.49. The van der Waals surface area contributed by atoms with Gasteiger partial charge in [-0.15, -0.1) is 0 Å². The molecule has 0 unspecified atom stereocenters. The molecule has 0 aliphatic heterocycles. The SMILES string of the molecule is COC(=O)c1[se]c(C(=O)OC)c(CBr)c1CBr. The summed E-state index contributed by atoms with van der Waals surface area (Å²) in [7, 11) is 2.67. The van der Waals surface area contributed by atoms with Crippen LogP contribution in [0.15, 0.2) is 0 Å². The molecule has 0 aliphatic carbocycles. The van der Waals surface area contributed by atoms with Crippen molar-refractivity contribution in [1.29, 1.82) is 0 Å². The number of hydrogen-bond donors (Lipinski definition) is 0. The first-order valence-electron chi connectivity index (χ1n) is 4.53. The Morgan fingerprint density at radius 1 is 1.00 bits per heavy atom. The Morgan fingerprint density at radius 2 is 1.35 bits per heavy atom. The number of methoxy groups -OCH3 is 2. The molecule has 0 radical (unpaired) electrons. The van der Waals surface area contributed by atoms with Crippen LogP contribution in [0.2, 0.25) is 0 Å². The number of esters is 2. The van der Waals surface area contributed by atoms with E-state index in [1.54, 1.807) is 0 Å². The summed E-state index contributed by atoms with van der Waals surface area (Å²) in [5.74, 6) is -0.756. The standard InChI is InChI=1S/C10H10Br2O4Se/c1-15-9(13)7-5(3-11)6(4-12)8(17-7)10(14)16-2/h3-4H2,1-2H3. The van der Waals surface area contributed by atoms with Gasteiger partial charge < -0.3 is 0 Å². The molecule has 1 aromatic heterocycles. The van der Waals surface area contributed by atoms with Crippen molar-refractivity contribution >= 4 is 58.3 Å². The van der Waals surface area contributed by atoms with Crippen molar-refractivity contribution in [3.63, 3.8) is 0 Å². The summed E-state index contributed by atoms with van der Waals surface area (Å²) in [5, 5.41) is 1.03. The third-order valence-corrected chi connectivity index (χ3v) is 5.84. The average molecular weight is 433 g/mol. The summed E-state index contributed by atoms with van der Waals surface area (Å²) < 4.78 is 10.6. The van der Waals surface area contributed by atoms with Gasteiger partial charge in [0, 0.05) is 0 Å². The fraction of sp³-hybridized carbons (Fsp3) is 0.400. The van der Waals surface area contributed by atoms with Crippen LogP contribution >= 0.6 is 31.9 Å². The Kier molecular flexibility index (Phi) is 5.92. The van der Waals surface area contributed by atoms with Crippen molar-refractivity contribution in [3.8, 4) is 0 Å². The Morgan fingerprint density at radius 3 is 1.59 bits per heavy atom. The number of alkyl halides is 2. The summed E-state index contributed by atoms with van der Waals surface area (Å²) in [5.41, 5.74) is 1.66. The van der Waals surface area contributed by atoms with Gasteiger partial charge in [0.15, 0.2) is 0 Å². The van der Waals surface area contributed by atoms with Crippen molar-refractivity contribution in [2.75, 3.05) is 14.2 Å². The van der Waals surface area contributed by atoms with Gasteiger partial charge in [0.2, 0.25) is 0 Å². The van der Waals surface area contributed by atoms with Gasteiger partial charge in [0.05, 0.1) is 0 Å². The van der Waals surface area contributed by atoms with E-state index < -0.39 is 0 Å². The van der Waals surface area contributed by atoms with Gasteiger partial charge in [-0.25, -0.2) is 0 Å². The molecule has 0 saturated heterocycles. The minimum absolute atomic E-state index is 0.355. The number of rotatable bonds is 4. The van der Waals surface area contributed by atoms with Crippen LogP contribution in [0.3, 0.4) is 0 Å². The molecular formula is C10H10Br2O4Se. The van der Waals surface area contributed by atoms with Gasteiger partial charge in [-0.3, -0.25) is 0 Å². The second kappa shape index (κ2) is 6.73. The number of halogens is 2. The van der Waals surface area contributed by atoms with E-state index in [1.807, 2.05) is 0 Å². The van der Waals surface area contributed by atoms with Crippen molar-refractivity contribution in [1.82, 2.24) is 0 Å². The second-order valence-corrected chi connectivity index (χ2v) is 6.23. The molecule has 1 aromatic rings. The topological polar surface area (TPSA) is 52.6 Å². The Hall–Kier alpha value is -0.101. The van der Waals surface area contributed by atoms with E-state index in [1.165, 1.54) is 14.2 Å². The third-order valence-electron chi connectivity index (χ3n) is 2.13. The Balaban J connectivity index is 3.38. The number of carbonyl (C=O) groups excluding carboxylic acids is 2. The summed E-state index contributed by atoms with van der Waals surface area (Å²) in [6, 6.07) is 0. The minimum atomic E-state index is -0.378. The number of carbonyl (C=O) groups is 2. The van der Waals surface area contributed by atoms with Crippen LogP contribution in [0.5, 0.6) is 0 Å². The third kappa shape index (κ3) is 3.02. The van der Waals surface area contributed by atoms with Crippen molar-refractivity contribution in [3.05, 3.63) is 20.0 Å². The predicted octanol–water partition coefficient (Wildman–Crippen LogP) is 2.11. The first kappa shape index (κ1) is 15.0. The maximum absolute atomic E-state index is 11.6. The molecule has 0 amide bonds. The summed E-state index contributed by atoms with van der Waals surface area (Å²) >= 11 is 6.31. The van der Waals surface area contributed by atoms with Crippen LogP contribution in [0.25, 0.3) is 0 Å². The molecule has 0 aliphatic rings. The number of ether oxygens (including phenoxy) is 2. The van der Waals surface area contributed by atoms with Crippen molar-refractivity contribution < 1.29 is 19.1 Å². The summed E-state index contributed by atoms with van der Waals surface area (Å²) in [4.78, 5) is 23.2. The first-order chi connectivity index (χ1) is 8.10. The Bertz CT molecular complexity index is 403. The second-order valence-electron chi connectivity index (χ2n) is 2.97. The Labute approximate surface area is 122 Å². The average Bonchev–Trinajstić information content (AvgIpc) is 2.74. The fourth-order valence-electron chi connectivity index (χ4n) is 1.30. The molecule has 4 nitrogen and oxygen atoms in total. The van der Waals surface area contributed by atoms with E-state index in [0.29, 0.717) is 19.5 Å². The van der Waals surface area contributed by atoms with Crippen molar-refractivity contribution in [2.24, 2.45) is 0 Å². The van der Waals surface area contributed by atoms with Gasteiger partial charge in [-0.1, -0.05) is 0 Å². The zero-order valence-corrected chi connectivity index (χ0v) is 14.1.